The maximum atomic E-state index is 12.8. The van der Waals surface area contributed by atoms with Crippen molar-refractivity contribution in [2.24, 2.45) is 0 Å². The van der Waals surface area contributed by atoms with Crippen LogP contribution in [0, 0.1) is 0 Å². The molecule has 11 nitrogen and oxygen atoms in total. The minimum Gasteiger partial charge on any atom is -0.497 e. The molecule has 1 fully saturated rings. The molecule has 248 valence electrons. The monoisotopic (exact) mass is 657 g/mol. The third-order valence-electron chi connectivity index (χ3n) is 8.78. The number of aliphatic hydroxyl groups is 1. The van der Waals surface area contributed by atoms with Gasteiger partial charge in [-0.25, -0.2) is 15.0 Å². The molecule has 0 saturated carbocycles. The normalized spacial score (nSPS) is 17.6. The summed E-state index contributed by atoms with van der Waals surface area (Å²) in [6.07, 6.45) is 1.11. The van der Waals surface area contributed by atoms with Crippen molar-refractivity contribution in [3.63, 3.8) is 0 Å². The van der Waals surface area contributed by atoms with E-state index in [4.69, 9.17) is 18.9 Å². The fourth-order valence-electron chi connectivity index (χ4n) is 6.24. The minimum absolute atomic E-state index is 0.0601. The number of hydrogen-bond donors (Lipinski definition) is 2. The zero-order valence-electron chi connectivity index (χ0n) is 27.0. The lowest BCUT2D eigenvalue weighted by Gasteiger charge is -2.37. The SMILES string of the molecule is COc1ccc(C(OC[C@H]2O[C@H](n3cnc4c(NC(=O)c5ccccc5)ncnc43)C[C@@H]2O)(c2ccccc2)c2ccc(OC)cc2)cc1. The van der Waals surface area contributed by atoms with Crippen LogP contribution in [0.15, 0.2) is 122 Å². The van der Waals surface area contributed by atoms with Gasteiger partial charge in [0.05, 0.1) is 33.3 Å². The molecule has 49 heavy (non-hydrogen) atoms. The standard InChI is InChI=1S/C38H35N5O6/c1-46-29-17-13-27(14-18-29)38(26-11-7-4-8-12-26,28-15-19-30(47-2)20-16-28)48-22-32-31(44)21-33(49-32)43-24-41-34-35(39-23-40-36(34)43)42-37(45)25-9-5-3-6-10-25/h3-20,23-24,31-33,44H,21-22H2,1-2H3,(H,39,40,42,45)/t31-,32+,33-/m0/s1. The number of carbonyl (C=O) groups excluding carboxylic acids is 1. The molecule has 0 aliphatic carbocycles. The summed E-state index contributed by atoms with van der Waals surface area (Å²) in [7, 11) is 3.26. The number of amides is 1. The Morgan fingerprint density at radius 1 is 0.837 bits per heavy atom. The Hall–Kier alpha value is -5.62. The molecule has 0 radical (unpaired) electrons. The number of ether oxygens (including phenoxy) is 4. The van der Waals surface area contributed by atoms with E-state index >= 15 is 0 Å². The largest absolute Gasteiger partial charge is 0.497 e. The van der Waals surface area contributed by atoms with E-state index in [1.165, 1.54) is 6.33 Å². The summed E-state index contributed by atoms with van der Waals surface area (Å²) >= 11 is 0. The van der Waals surface area contributed by atoms with Crippen molar-refractivity contribution in [1.29, 1.82) is 0 Å². The van der Waals surface area contributed by atoms with Gasteiger partial charge in [-0.1, -0.05) is 72.8 Å². The lowest BCUT2D eigenvalue weighted by Crippen LogP contribution is -2.38. The molecule has 3 heterocycles. The second-order valence-electron chi connectivity index (χ2n) is 11.6. The zero-order valence-corrected chi connectivity index (χ0v) is 27.0. The predicted octanol–water partition coefficient (Wildman–Crippen LogP) is 5.75. The first-order chi connectivity index (χ1) is 24.0. The maximum absolute atomic E-state index is 12.8. The van der Waals surface area contributed by atoms with Gasteiger partial charge in [-0.2, -0.15) is 0 Å². The van der Waals surface area contributed by atoms with Crippen LogP contribution in [0.2, 0.25) is 0 Å². The number of benzene rings is 4. The van der Waals surface area contributed by atoms with Gasteiger partial charge in [0, 0.05) is 12.0 Å². The highest BCUT2D eigenvalue weighted by molar-refractivity contribution is 6.06. The van der Waals surface area contributed by atoms with Gasteiger partial charge in [-0.05, 0) is 53.1 Å². The van der Waals surface area contributed by atoms with Crippen LogP contribution >= 0.6 is 0 Å². The van der Waals surface area contributed by atoms with Crippen molar-refractivity contribution in [2.45, 2.75) is 30.5 Å². The first-order valence-electron chi connectivity index (χ1n) is 15.9. The Kier molecular flexibility index (Phi) is 9.03. The Morgan fingerprint density at radius 2 is 1.43 bits per heavy atom. The molecule has 6 aromatic rings. The van der Waals surface area contributed by atoms with Gasteiger partial charge < -0.3 is 29.4 Å². The van der Waals surface area contributed by atoms with Crippen molar-refractivity contribution in [1.82, 2.24) is 19.5 Å². The van der Waals surface area contributed by atoms with E-state index < -0.39 is 24.0 Å². The van der Waals surface area contributed by atoms with Crippen molar-refractivity contribution < 1.29 is 28.8 Å². The van der Waals surface area contributed by atoms with Crippen molar-refractivity contribution >= 4 is 22.9 Å². The maximum Gasteiger partial charge on any atom is 0.256 e. The lowest BCUT2D eigenvalue weighted by molar-refractivity contribution is -0.0931. The Labute approximate surface area is 283 Å². The molecule has 4 aromatic carbocycles. The van der Waals surface area contributed by atoms with E-state index in [9.17, 15) is 9.90 Å². The summed E-state index contributed by atoms with van der Waals surface area (Å²) in [4.78, 5) is 26.0. The molecule has 2 aromatic heterocycles. The van der Waals surface area contributed by atoms with Crippen LogP contribution in [-0.2, 0) is 15.1 Å². The molecular weight excluding hydrogens is 622 g/mol. The molecule has 2 N–H and O–H groups in total. The van der Waals surface area contributed by atoms with E-state index in [1.807, 2.05) is 84.9 Å². The number of imidazole rings is 1. The van der Waals surface area contributed by atoms with E-state index in [1.54, 1.807) is 49.4 Å². The van der Waals surface area contributed by atoms with Crippen molar-refractivity contribution in [2.75, 3.05) is 26.1 Å². The molecule has 0 bridgehead atoms. The molecule has 1 aliphatic heterocycles. The molecule has 1 aliphatic rings. The predicted molar refractivity (Wildman–Crippen MR) is 183 cm³/mol. The Balaban J connectivity index is 1.18. The number of aliphatic hydroxyl groups excluding tert-OH is 1. The van der Waals surface area contributed by atoms with E-state index in [2.05, 4.69) is 20.3 Å². The summed E-state index contributed by atoms with van der Waals surface area (Å²) in [6, 6.07) is 34.4. The van der Waals surface area contributed by atoms with E-state index in [-0.39, 0.29) is 24.8 Å². The number of hydrogen-bond acceptors (Lipinski definition) is 9. The Morgan fingerprint density at radius 3 is 2.04 bits per heavy atom. The first kappa shape index (κ1) is 32.0. The highest BCUT2D eigenvalue weighted by atomic mass is 16.6. The number of anilines is 1. The molecule has 1 amide bonds. The fourth-order valence-corrected chi connectivity index (χ4v) is 6.24. The summed E-state index contributed by atoms with van der Waals surface area (Å²) in [5.74, 6) is 1.41. The van der Waals surface area contributed by atoms with E-state index in [0.717, 1.165) is 28.2 Å². The van der Waals surface area contributed by atoms with Gasteiger partial charge in [0.2, 0.25) is 0 Å². The fraction of sp³-hybridized carbons (Fsp3) is 0.211. The van der Waals surface area contributed by atoms with E-state index in [0.29, 0.717) is 16.7 Å². The number of rotatable bonds is 11. The van der Waals surface area contributed by atoms with Gasteiger partial charge in [0.1, 0.15) is 35.8 Å². The van der Waals surface area contributed by atoms with Crippen LogP contribution in [0.1, 0.15) is 39.7 Å². The van der Waals surface area contributed by atoms with Crippen LogP contribution in [0.3, 0.4) is 0 Å². The van der Waals surface area contributed by atoms with Gasteiger partial charge in [0.25, 0.3) is 5.91 Å². The number of fused-ring (bicyclic) bond motifs is 1. The Bertz CT molecular complexity index is 1970. The lowest BCUT2D eigenvalue weighted by atomic mass is 9.80. The molecule has 0 unspecified atom stereocenters. The van der Waals surface area contributed by atoms with Crippen LogP contribution in [0.25, 0.3) is 11.2 Å². The average Bonchev–Trinajstić information content (AvgIpc) is 3.76. The second kappa shape index (κ2) is 13.9. The molecular formula is C38H35N5O6. The number of methoxy groups -OCH3 is 2. The van der Waals surface area contributed by atoms with Crippen LogP contribution in [0.4, 0.5) is 5.82 Å². The second-order valence-corrected chi connectivity index (χ2v) is 11.6. The molecule has 11 heteroatoms. The summed E-state index contributed by atoms with van der Waals surface area (Å²) in [6.45, 7) is 0.0601. The third kappa shape index (κ3) is 6.22. The third-order valence-corrected chi connectivity index (χ3v) is 8.78. The van der Waals surface area contributed by atoms with Crippen LogP contribution < -0.4 is 14.8 Å². The topological polar surface area (TPSA) is 130 Å². The first-order valence-corrected chi connectivity index (χ1v) is 15.9. The van der Waals surface area contributed by atoms with Gasteiger partial charge >= 0.3 is 0 Å². The van der Waals surface area contributed by atoms with Gasteiger partial charge in [-0.15, -0.1) is 0 Å². The average molecular weight is 658 g/mol. The summed E-state index contributed by atoms with van der Waals surface area (Å²) in [5, 5.41) is 14.1. The number of nitrogens with zero attached hydrogens (tertiary/aromatic N) is 4. The van der Waals surface area contributed by atoms with Crippen molar-refractivity contribution in [3.8, 4) is 11.5 Å². The zero-order chi connectivity index (χ0) is 33.8. The highest BCUT2D eigenvalue weighted by Gasteiger charge is 2.42. The molecule has 3 atom stereocenters. The smallest absolute Gasteiger partial charge is 0.256 e. The molecule has 1 saturated heterocycles. The molecule has 0 spiro atoms. The number of carbonyl (C=O) groups is 1. The van der Waals surface area contributed by atoms with Crippen molar-refractivity contribution in [3.05, 3.63) is 144 Å². The van der Waals surface area contributed by atoms with Gasteiger partial charge in [-0.3, -0.25) is 9.36 Å². The minimum atomic E-state index is -1.07. The number of nitrogens with one attached hydrogen (secondary N) is 1. The van der Waals surface area contributed by atoms with Crippen LogP contribution in [0.5, 0.6) is 11.5 Å². The molecule has 7 rings (SSSR count). The summed E-state index contributed by atoms with van der Waals surface area (Å²) < 4.78 is 26.1. The number of aromatic nitrogens is 4. The summed E-state index contributed by atoms with van der Waals surface area (Å²) in [5.41, 5.74) is 2.94. The van der Waals surface area contributed by atoms with Gasteiger partial charge in [0.15, 0.2) is 17.0 Å². The highest BCUT2D eigenvalue weighted by Crippen LogP contribution is 2.43. The quantitative estimate of drug-likeness (QED) is 0.167. The van der Waals surface area contributed by atoms with Crippen LogP contribution in [-0.4, -0.2) is 63.6 Å².